The number of carbonyl (C=O) groups excluding carboxylic acids is 1. The molecule has 6 aliphatic rings. The molecule has 4 fully saturated rings. The Hall–Kier alpha value is -2.63. The fourth-order valence-corrected chi connectivity index (χ4v) is 8.20. The highest BCUT2D eigenvalue weighted by molar-refractivity contribution is 6.11. The summed E-state index contributed by atoms with van der Waals surface area (Å²) in [5.74, 6) is -2.56. The SMILES string of the molecule is COc1c2c(c(O)c3c4c(c(C)cc13)C1OC3(COCC5OC(CO)C(O)C(O)C5O)OC1[C@@](OC)(O4)[C@@]31CO1)C(=O)CCC2. The van der Waals surface area contributed by atoms with Crippen molar-refractivity contribution >= 4 is 16.6 Å². The van der Waals surface area contributed by atoms with Gasteiger partial charge in [0.05, 0.1) is 37.9 Å². The normalized spacial score (nSPS) is 40.9. The topological polar surface area (TPSA) is 195 Å². The van der Waals surface area contributed by atoms with Gasteiger partial charge in [-0.05, 0) is 31.4 Å². The molecular formula is C31H36O14. The molecule has 244 valence electrons. The first kappa shape index (κ1) is 29.8. The van der Waals surface area contributed by atoms with Gasteiger partial charge in [0.1, 0.15) is 60.5 Å². The van der Waals surface area contributed by atoms with E-state index >= 15 is 0 Å². The van der Waals surface area contributed by atoms with E-state index in [-0.39, 0.29) is 36.9 Å². The fourth-order valence-electron chi connectivity index (χ4n) is 8.20. The minimum absolute atomic E-state index is 0.135. The van der Waals surface area contributed by atoms with E-state index in [1.54, 1.807) is 7.11 Å². The summed E-state index contributed by atoms with van der Waals surface area (Å²) in [6, 6.07) is 1.89. The first-order valence-corrected chi connectivity index (χ1v) is 15.1. The molecular weight excluding hydrogens is 596 g/mol. The third-order valence-electron chi connectivity index (χ3n) is 10.4. The maximum Gasteiger partial charge on any atom is 0.276 e. The van der Waals surface area contributed by atoms with Crippen molar-refractivity contribution in [3.05, 3.63) is 28.3 Å². The Balaban J connectivity index is 1.18. The zero-order chi connectivity index (χ0) is 31.6. The number of methoxy groups -OCH3 is 2. The predicted molar refractivity (Wildman–Crippen MR) is 149 cm³/mol. The quantitative estimate of drug-likeness (QED) is 0.254. The van der Waals surface area contributed by atoms with Gasteiger partial charge in [0.25, 0.3) is 5.79 Å². The number of Topliss-reactive ketones (excluding diaryl/α,β-unsaturated/α-hetero) is 1. The van der Waals surface area contributed by atoms with Gasteiger partial charge < -0.3 is 63.4 Å². The van der Waals surface area contributed by atoms with Crippen LogP contribution in [-0.2, 0) is 34.8 Å². The Kier molecular flexibility index (Phi) is 6.57. The Morgan fingerprint density at radius 1 is 1.07 bits per heavy atom. The number of ether oxygens (including phenoxy) is 8. The molecule has 1 spiro atoms. The van der Waals surface area contributed by atoms with E-state index in [9.17, 15) is 30.3 Å². The zero-order valence-corrected chi connectivity index (χ0v) is 25.0. The van der Waals surface area contributed by atoms with Gasteiger partial charge in [-0.15, -0.1) is 0 Å². The maximum absolute atomic E-state index is 13.1. The molecule has 2 aromatic rings. The number of fused-ring (bicyclic) bond motifs is 8. The van der Waals surface area contributed by atoms with E-state index < -0.39 is 66.5 Å². The van der Waals surface area contributed by atoms with Crippen molar-refractivity contribution in [2.45, 2.75) is 86.1 Å². The number of benzene rings is 2. The lowest BCUT2D eigenvalue weighted by Gasteiger charge is -2.48. The van der Waals surface area contributed by atoms with Crippen molar-refractivity contribution in [2.75, 3.05) is 40.6 Å². The van der Waals surface area contributed by atoms with Gasteiger partial charge in [-0.1, -0.05) is 0 Å². The predicted octanol–water partition coefficient (Wildman–Crippen LogP) is -0.0891. The van der Waals surface area contributed by atoms with Crippen LogP contribution in [0.2, 0.25) is 0 Å². The van der Waals surface area contributed by atoms with Gasteiger partial charge in [0.15, 0.2) is 11.9 Å². The van der Waals surface area contributed by atoms with Crippen molar-refractivity contribution in [3.8, 4) is 17.2 Å². The molecule has 14 heteroatoms. The molecule has 2 bridgehead atoms. The summed E-state index contributed by atoms with van der Waals surface area (Å²) in [7, 11) is 3.01. The second-order valence-electron chi connectivity index (χ2n) is 12.7. The molecule has 1 aliphatic carbocycles. The van der Waals surface area contributed by atoms with Crippen molar-refractivity contribution < 1.29 is 68.2 Å². The van der Waals surface area contributed by atoms with Crippen LogP contribution in [0.3, 0.4) is 0 Å². The molecule has 0 radical (unpaired) electrons. The molecule has 8 unspecified atom stereocenters. The van der Waals surface area contributed by atoms with E-state index in [1.807, 2.05) is 13.0 Å². The van der Waals surface area contributed by atoms with E-state index in [1.165, 1.54) is 7.11 Å². The third-order valence-corrected chi connectivity index (χ3v) is 10.4. The van der Waals surface area contributed by atoms with E-state index in [4.69, 9.17) is 37.9 Å². The zero-order valence-electron chi connectivity index (χ0n) is 25.0. The van der Waals surface area contributed by atoms with E-state index in [0.29, 0.717) is 52.7 Å². The van der Waals surface area contributed by atoms with Crippen LogP contribution in [0.25, 0.3) is 10.8 Å². The third kappa shape index (κ3) is 3.60. The second-order valence-corrected chi connectivity index (χ2v) is 12.7. The fraction of sp³-hybridized carbons (Fsp3) is 0.645. The minimum atomic E-state index is -1.54. The molecule has 5 heterocycles. The van der Waals surface area contributed by atoms with Crippen LogP contribution in [0, 0.1) is 6.92 Å². The largest absolute Gasteiger partial charge is 0.506 e. The number of hydrogen-bond donors (Lipinski definition) is 5. The number of aromatic hydroxyl groups is 1. The van der Waals surface area contributed by atoms with Crippen molar-refractivity contribution in [2.24, 2.45) is 0 Å². The summed E-state index contributed by atoms with van der Waals surface area (Å²) in [5, 5.41) is 52.9. The number of phenolic OH excluding ortho intramolecular Hbond substituents is 1. The van der Waals surface area contributed by atoms with Gasteiger partial charge in [-0.3, -0.25) is 4.79 Å². The van der Waals surface area contributed by atoms with Crippen LogP contribution < -0.4 is 9.47 Å². The molecule has 5 N–H and O–H groups in total. The van der Waals surface area contributed by atoms with E-state index in [2.05, 4.69) is 0 Å². The molecule has 0 saturated carbocycles. The molecule has 5 aliphatic heterocycles. The first-order valence-electron chi connectivity index (χ1n) is 15.1. The highest BCUT2D eigenvalue weighted by Crippen LogP contribution is 2.71. The van der Waals surface area contributed by atoms with Crippen LogP contribution in [0.5, 0.6) is 17.2 Å². The summed E-state index contributed by atoms with van der Waals surface area (Å²) in [6.45, 7) is 1.04. The van der Waals surface area contributed by atoms with Crippen molar-refractivity contribution in [3.63, 3.8) is 0 Å². The highest BCUT2D eigenvalue weighted by Gasteiger charge is 2.91. The van der Waals surface area contributed by atoms with Crippen LogP contribution in [0.15, 0.2) is 6.07 Å². The summed E-state index contributed by atoms with van der Waals surface area (Å²) in [6.07, 6.45) is -6.58. The van der Waals surface area contributed by atoms with Gasteiger partial charge in [0, 0.05) is 30.0 Å². The molecule has 4 saturated heterocycles. The Labute approximate surface area is 257 Å². The molecule has 2 aromatic carbocycles. The average molecular weight is 633 g/mol. The molecule has 45 heavy (non-hydrogen) atoms. The minimum Gasteiger partial charge on any atom is -0.506 e. The lowest BCUT2D eigenvalue weighted by atomic mass is 9.78. The van der Waals surface area contributed by atoms with Crippen LogP contribution >= 0.6 is 0 Å². The maximum atomic E-state index is 13.1. The van der Waals surface area contributed by atoms with Crippen molar-refractivity contribution in [1.82, 2.24) is 0 Å². The molecule has 0 aromatic heterocycles. The first-order chi connectivity index (χ1) is 21.6. The summed E-state index contributed by atoms with van der Waals surface area (Å²) in [4.78, 5) is 13.1. The number of hydrogen-bond acceptors (Lipinski definition) is 14. The molecule has 10 atom stereocenters. The second kappa shape index (κ2) is 9.94. The van der Waals surface area contributed by atoms with Crippen molar-refractivity contribution in [1.29, 1.82) is 0 Å². The van der Waals surface area contributed by atoms with Gasteiger partial charge in [-0.25, -0.2) is 0 Å². The molecule has 8 rings (SSSR count). The van der Waals surface area contributed by atoms with Gasteiger partial charge >= 0.3 is 0 Å². The number of aliphatic hydroxyl groups is 4. The lowest BCUT2D eigenvalue weighted by molar-refractivity contribution is -0.300. The highest BCUT2D eigenvalue weighted by atomic mass is 16.9. The smallest absolute Gasteiger partial charge is 0.276 e. The van der Waals surface area contributed by atoms with E-state index in [0.717, 1.165) is 5.56 Å². The monoisotopic (exact) mass is 632 g/mol. The lowest BCUT2D eigenvalue weighted by Crippen LogP contribution is -2.68. The number of epoxide rings is 1. The standard InChI is InChI=1S/C31H36O14/c1-12-7-14-20(23(36)19-13(25(14)38-2)5-4-6-15(19)33)26-18(12)27-28-31(39-3,44-26)29(10-41-29)30(43-27,45-28)11-40-9-17-22(35)24(37)21(34)16(8-32)42-17/h7,16-17,21-22,24,27-28,32,34-37H,4-6,8-11H2,1-3H3/t16?,17?,21?,22?,24?,27?,28?,29-,30?,31-/m1/s1. The van der Waals surface area contributed by atoms with Crippen LogP contribution in [0.4, 0.5) is 0 Å². The van der Waals surface area contributed by atoms with Crippen LogP contribution in [0.1, 0.15) is 46.0 Å². The number of aryl methyl sites for hydroxylation is 1. The number of aliphatic hydroxyl groups excluding tert-OH is 4. The Morgan fingerprint density at radius 2 is 1.82 bits per heavy atom. The number of phenols is 1. The summed E-state index contributed by atoms with van der Waals surface area (Å²) < 4.78 is 49.5. The molecule has 14 nitrogen and oxygen atoms in total. The number of carbonyl (C=O) groups is 1. The Morgan fingerprint density at radius 3 is 2.51 bits per heavy atom. The van der Waals surface area contributed by atoms with Crippen LogP contribution in [-0.4, -0.2) is 126 Å². The van der Waals surface area contributed by atoms with Gasteiger partial charge in [-0.2, -0.15) is 0 Å². The summed E-state index contributed by atoms with van der Waals surface area (Å²) >= 11 is 0. The number of rotatable bonds is 7. The molecule has 0 amide bonds. The Bertz CT molecular complexity index is 1590. The summed E-state index contributed by atoms with van der Waals surface area (Å²) in [5.41, 5.74) is 1.04. The average Bonchev–Trinajstić information content (AvgIpc) is 3.70. The van der Waals surface area contributed by atoms with Gasteiger partial charge in [0.2, 0.25) is 11.4 Å². The number of ketones is 1.